The Balaban J connectivity index is 2.01. The van der Waals surface area contributed by atoms with E-state index in [0.29, 0.717) is 12.5 Å². The van der Waals surface area contributed by atoms with Gasteiger partial charge in [0.2, 0.25) is 0 Å². The van der Waals surface area contributed by atoms with E-state index in [1.54, 1.807) is 12.4 Å². The van der Waals surface area contributed by atoms with Gasteiger partial charge in [-0.3, -0.25) is 4.98 Å². The third kappa shape index (κ3) is 3.80. The minimum Gasteiger partial charge on any atom is -0.489 e. The molecule has 1 aromatic carbocycles. The highest BCUT2D eigenvalue weighted by atomic mass is 35.5. The van der Waals surface area contributed by atoms with Gasteiger partial charge in [-0.1, -0.05) is 24.0 Å². The molecule has 0 saturated heterocycles. The van der Waals surface area contributed by atoms with Gasteiger partial charge in [0, 0.05) is 23.5 Å². The molecule has 2 nitrogen and oxygen atoms in total. The number of rotatable bonds is 3. The van der Waals surface area contributed by atoms with E-state index in [4.69, 9.17) is 16.3 Å². The Morgan fingerprint density at radius 1 is 1.22 bits per heavy atom. The average molecular weight is 258 g/mol. The zero-order valence-corrected chi connectivity index (χ0v) is 10.5. The Bertz CT molecular complexity index is 557. The summed E-state index contributed by atoms with van der Waals surface area (Å²) < 4.78 is 5.67. The second-order valence-electron chi connectivity index (χ2n) is 3.61. The zero-order valence-electron chi connectivity index (χ0n) is 9.77. The van der Waals surface area contributed by atoms with Crippen LogP contribution in [0.25, 0.3) is 0 Å². The monoisotopic (exact) mass is 257 g/mol. The highest BCUT2D eigenvalue weighted by molar-refractivity contribution is 6.19. The van der Waals surface area contributed by atoms with E-state index >= 15 is 0 Å². The molecule has 0 aliphatic carbocycles. The molecule has 0 bridgehead atoms. The normalized spacial score (nSPS) is 9.39. The summed E-state index contributed by atoms with van der Waals surface area (Å²) in [6.45, 7) is 0.500. The predicted molar refractivity (Wildman–Crippen MR) is 72.6 cm³/mol. The van der Waals surface area contributed by atoms with Crippen molar-refractivity contribution in [3.05, 3.63) is 59.9 Å². The van der Waals surface area contributed by atoms with Crippen LogP contribution in [0.15, 0.2) is 48.8 Å². The van der Waals surface area contributed by atoms with E-state index in [-0.39, 0.29) is 0 Å². The van der Waals surface area contributed by atoms with Gasteiger partial charge in [0.05, 0.1) is 5.88 Å². The zero-order chi connectivity index (χ0) is 12.6. The molecule has 0 spiro atoms. The molecular formula is C15H12ClNO. The van der Waals surface area contributed by atoms with Crippen LogP contribution in [0.3, 0.4) is 0 Å². The van der Waals surface area contributed by atoms with Crippen LogP contribution in [0, 0.1) is 11.8 Å². The Morgan fingerprint density at radius 2 is 2.17 bits per heavy atom. The minimum atomic E-state index is 0.334. The molecule has 1 heterocycles. The van der Waals surface area contributed by atoms with Crippen LogP contribution >= 0.6 is 11.6 Å². The summed E-state index contributed by atoms with van der Waals surface area (Å²) in [5.74, 6) is 6.90. The van der Waals surface area contributed by atoms with E-state index in [1.165, 1.54) is 0 Å². The van der Waals surface area contributed by atoms with Gasteiger partial charge in [-0.2, -0.15) is 0 Å². The summed E-state index contributed by atoms with van der Waals surface area (Å²) in [4.78, 5) is 4.04. The van der Waals surface area contributed by atoms with E-state index < -0.39 is 0 Å². The quantitative estimate of drug-likeness (QED) is 0.622. The molecule has 0 aliphatic rings. The topological polar surface area (TPSA) is 22.1 Å². The van der Waals surface area contributed by atoms with Gasteiger partial charge in [0.25, 0.3) is 0 Å². The van der Waals surface area contributed by atoms with E-state index in [2.05, 4.69) is 16.8 Å². The fourth-order valence-corrected chi connectivity index (χ4v) is 1.52. The standard InChI is InChI=1S/C15H12ClNO/c16-8-2-5-13-4-1-7-15(10-13)18-12-14-6-3-9-17-11-14/h1,3-4,6-7,9-11H,8,12H2. The van der Waals surface area contributed by atoms with Gasteiger partial charge < -0.3 is 4.74 Å². The molecule has 0 amide bonds. The lowest BCUT2D eigenvalue weighted by atomic mass is 10.2. The number of ether oxygens (including phenoxy) is 1. The molecule has 1 aromatic heterocycles. The molecule has 0 fully saturated rings. The summed E-state index contributed by atoms with van der Waals surface area (Å²) in [6, 6.07) is 11.5. The maximum absolute atomic E-state index is 5.67. The van der Waals surface area contributed by atoms with Crippen LogP contribution < -0.4 is 4.74 Å². The molecular weight excluding hydrogens is 246 g/mol. The molecule has 90 valence electrons. The number of hydrogen-bond donors (Lipinski definition) is 0. The first-order valence-electron chi connectivity index (χ1n) is 5.55. The van der Waals surface area contributed by atoms with E-state index in [1.807, 2.05) is 36.4 Å². The second-order valence-corrected chi connectivity index (χ2v) is 3.88. The first kappa shape index (κ1) is 12.5. The molecule has 0 atom stereocenters. The second kappa shape index (κ2) is 6.68. The summed E-state index contributed by atoms with van der Waals surface area (Å²) in [7, 11) is 0. The number of hydrogen-bond acceptors (Lipinski definition) is 2. The maximum atomic E-state index is 5.67. The van der Waals surface area contributed by atoms with Gasteiger partial charge in [0.1, 0.15) is 12.4 Å². The Hall–Kier alpha value is -1.98. The maximum Gasteiger partial charge on any atom is 0.121 e. The number of halogens is 1. The fraction of sp³-hybridized carbons (Fsp3) is 0.133. The third-order valence-electron chi connectivity index (χ3n) is 2.26. The number of pyridine rings is 1. The van der Waals surface area contributed by atoms with Crippen molar-refractivity contribution in [1.82, 2.24) is 4.98 Å². The van der Waals surface area contributed by atoms with Gasteiger partial charge in [-0.05, 0) is 24.3 Å². The number of aromatic nitrogens is 1. The molecule has 18 heavy (non-hydrogen) atoms. The van der Waals surface area contributed by atoms with Crippen molar-refractivity contribution in [3.63, 3.8) is 0 Å². The van der Waals surface area contributed by atoms with Crippen LogP contribution in [0.5, 0.6) is 5.75 Å². The average Bonchev–Trinajstić information content (AvgIpc) is 2.44. The minimum absolute atomic E-state index is 0.334. The van der Waals surface area contributed by atoms with Crippen LogP contribution in [0.1, 0.15) is 11.1 Å². The summed E-state index contributed by atoms with van der Waals surface area (Å²) in [5, 5.41) is 0. The molecule has 2 aromatic rings. The molecule has 0 N–H and O–H groups in total. The van der Waals surface area contributed by atoms with Crippen molar-refractivity contribution in [1.29, 1.82) is 0 Å². The van der Waals surface area contributed by atoms with Crippen molar-refractivity contribution in [2.45, 2.75) is 6.61 Å². The SMILES string of the molecule is ClCC#Cc1cccc(OCc2cccnc2)c1. The predicted octanol–water partition coefficient (Wildman–Crippen LogP) is 3.25. The fourth-order valence-electron chi connectivity index (χ4n) is 1.45. The van der Waals surface area contributed by atoms with Crippen molar-refractivity contribution in [2.24, 2.45) is 0 Å². The number of nitrogens with zero attached hydrogens (tertiary/aromatic N) is 1. The van der Waals surface area contributed by atoms with Gasteiger partial charge in [-0.25, -0.2) is 0 Å². The van der Waals surface area contributed by atoms with E-state index in [0.717, 1.165) is 16.9 Å². The number of alkyl halides is 1. The Kier molecular flexibility index (Phi) is 4.63. The highest BCUT2D eigenvalue weighted by Crippen LogP contribution is 2.14. The molecule has 0 saturated carbocycles. The third-order valence-corrected chi connectivity index (χ3v) is 2.40. The molecule has 0 aliphatic heterocycles. The largest absolute Gasteiger partial charge is 0.489 e. The Morgan fingerprint density at radius 3 is 2.94 bits per heavy atom. The van der Waals surface area contributed by atoms with Crippen LogP contribution in [0.4, 0.5) is 0 Å². The van der Waals surface area contributed by atoms with Crippen LogP contribution in [-0.2, 0) is 6.61 Å². The van der Waals surface area contributed by atoms with Crippen molar-refractivity contribution >= 4 is 11.6 Å². The van der Waals surface area contributed by atoms with Crippen LogP contribution in [0.2, 0.25) is 0 Å². The van der Waals surface area contributed by atoms with Gasteiger partial charge in [-0.15, -0.1) is 11.6 Å². The van der Waals surface area contributed by atoms with Gasteiger partial charge in [0.15, 0.2) is 0 Å². The lowest BCUT2D eigenvalue weighted by Gasteiger charge is -2.05. The van der Waals surface area contributed by atoms with Gasteiger partial charge >= 0.3 is 0 Å². The number of benzene rings is 1. The molecule has 0 unspecified atom stereocenters. The smallest absolute Gasteiger partial charge is 0.121 e. The Labute approximate surface area is 112 Å². The summed E-state index contributed by atoms with van der Waals surface area (Å²) in [6.07, 6.45) is 3.53. The molecule has 0 radical (unpaired) electrons. The first-order valence-corrected chi connectivity index (χ1v) is 6.08. The lowest BCUT2D eigenvalue weighted by Crippen LogP contribution is -1.95. The van der Waals surface area contributed by atoms with Crippen molar-refractivity contribution in [3.8, 4) is 17.6 Å². The highest BCUT2D eigenvalue weighted by Gasteiger charge is 1.96. The van der Waals surface area contributed by atoms with Crippen molar-refractivity contribution in [2.75, 3.05) is 5.88 Å². The molecule has 3 heteroatoms. The van der Waals surface area contributed by atoms with E-state index in [9.17, 15) is 0 Å². The lowest BCUT2D eigenvalue weighted by molar-refractivity contribution is 0.305. The first-order chi connectivity index (χ1) is 8.88. The summed E-state index contributed by atoms with van der Waals surface area (Å²) in [5.41, 5.74) is 1.94. The molecule has 2 rings (SSSR count). The van der Waals surface area contributed by atoms with Crippen molar-refractivity contribution < 1.29 is 4.74 Å². The summed E-state index contributed by atoms with van der Waals surface area (Å²) >= 11 is 5.52. The van der Waals surface area contributed by atoms with Crippen LogP contribution in [-0.4, -0.2) is 10.9 Å².